The van der Waals surface area contributed by atoms with Crippen molar-refractivity contribution in [2.45, 2.75) is 0 Å². The summed E-state index contributed by atoms with van der Waals surface area (Å²) in [7, 11) is 0. The number of rotatable bonds is 5. The Hall–Kier alpha value is -7.60. The van der Waals surface area contributed by atoms with Crippen molar-refractivity contribution in [2.24, 2.45) is 0 Å². The van der Waals surface area contributed by atoms with Crippen molar-refractivity contribution < 1.29 is 30.0 Å². The zero-order valence-electron chi connectivity index (χ0n) is 34.7. The van der Waals surface area contributed by atoms with Gasteiger partial charge in [0.25, 0.3) is 0 Å². The molecule has 0 radical (unpaired) electrons. The van der Waals surface area contributed by atoms with Crippen LogP contribution in [0.4, 0.5) is 8.78 Å². The van der Waals surface area contributed by atoms with Crippen molar-refractivity contribution >= 4 is 75.1 Å². The van der Waals surface area contributed by atoms with Crippen molar-refractivity contribution in [3.63, 3.8) is 0 Å². The summed E-state index contributed by atoms with van der Waals surface area (Å²) in [6.45, 7) is 0. The molecule has 312 valence electrons. The van der Waals surface area contributed by atoms with Crippen molar-refractivity contribution in [1.82, 2.24) is 24.1 Å². The average Bonchev–Trinajstić information content (AvgIpc) is 4.13. The summed E-state index contributed by atoms with van der Waals surface area (Å²) in [5.41, 5.74) is 8.97. The predicted molar refractivity (Wildman–Crippen MR) is 260 cm³/mol. The molecule has 5 heterocycles. The van der Waals surface area contributed by atoms with E-state index < -0.39 is 21.2 Å². The third-order valence-corrected chi connectivity index (χ3v) is 17.2. The number of nitrogens with zero attached hydrogens (tertiary/aromatic N) is 5. The van der Waals surface area contributed by atoms with Gasteiger partial charge < -0.3 is 0 Å². The fourth-order valence-electron chi connectivity index (χ4n) is 10.1. The number of thiophene rings is 1. The van der Waals surface area contributed by atoms with E-state index in [1.54, 1.807) is 12.1 Å². The molecule has 14 rings (SSSR count). The minimum atomic E-state index is -0.880. The summed E-state index contributed by atoms with van der Waals surface area (Å²) >= 11 is 0.547. The van der Waals surface area contributed by atoms with Crippen molar-refractivity contribution in [2.75, 3.05) is 0 Å². The number of benzene rings is 9. The molecule has 9 aromatic carbocycles. The van der Waals surface area contributed by atoms with Gasteiger partial charge in [0.15, 0.2) is 0 Å². The Kier molecular flexibility index (Phi) is 8.26. The molecule has 13 aromatic rings. The zero-order valence-corrected chi connectivity index (χ0v) is 37.7. The minimum absolute atomic E-state index is 0.245. The standard InChI is InChI=1S/C57H31F2IN5S/c58-39-30-46(64-42-25-11-5-18-33(42)34-19-6-12-26-43(34)64)51(49-37-22-4-10-24-41(37)60-53(39)49)56-61-55(32-16-2-1-3-17-32)62-57(63-56)52-47(31-40(59)54-50(52)38-23-9-15-29-48(38)66-54)65-44-27-13-7-20-35(44)36-21-8-14-28-45(36)65/h1-31H/q-1. The van der Waals surface area contributed by atoms with Crippen LogP contribution < -0.4 is 21.2 Å². The summed E-state index contributed by atoms with van der Waals surface area (Å²) in [6, 6.07) is 62.7. The van der Waals surface area contributed by atoms with Gasteiger partial charge in [0.1, 0.15) is 0 Å². The molecule has 0 N–H and O–H groups in total. The first kappa shape index (κ1) is 37.7. The maximum absolute atomic E-state index is 17.2. The van der Waals surface area contributed by atoms with E-state index in [4.69, 9.17) is 15.0 Å². The summed E-state index contributed by atoms with van der Waals surface area (Å²) in [4.78, 5) is 16.5. The fraction of sp³-hybridized carbons (Fsp3) is 0. The van der Waals surface area contributed by atoms with Gasteiger partial charge >= 0.3 is 381 Å². The molecule has 0 saturated heterocycles. The van der Waals surface area contributed by atoms with Gasteiger partial charge in [-0.3, -0.25) is 0 Å². The Labute approximate surface area is 390 Å². The van der Waals surface area contributed by atoms with Gasteiger partial charge in [-0.15, -0.1) is 0 Å². The molecule has 4 aromatic heterocycles. The molecular weight excluding hydrogens is 952 g/mol. The second kappa shape index (κ2) is 14.5. The van der Waals surface area contributed by atoms with Crippen LogP contribution in [-0.2, 0) is 0 Å². The molecule has 0 fully saturated rings. The van der Waals surface area contributed by atoms with E-state index in [1.165, 1.54) is 11.3 Å². The summed E-state index contributed by atoms with van der Waals surface area (Å²) in [5.74, 6) is 0.670. The SMILES string of the molecule is Fc1cc(-n2c3ccccc3c3ccccc32)c(-c2nc(-c3ccccc3)nc(-c3c(-n4c5ccccc5c5ccccc54)cc(F)c4sc5ccccc5c34)n2)c2c1[I-]c1ccccc1-2. The van der Waals surface area contributed by atoms with E-state index in [1.807, 2.05) is 109 Å². The van der Waals surface area contributed by atoms with Gasteiger partial charge in [0.05, 0.1) is 0 Å². The number of para-hydroxylation sites is 4. The van der Waals surface area contributed by atoms with E-state index in [0.717, 1.165) is 84.9 Å². The number of fused-ring (bicyclic) bond motifs is 12. The second-order valence-corrected chi connectivity index (χ2v) is 20.3. The molecule has 9 heteroatoms. The van der Waals surface area contributed by atoms with Crippen molar-refractivity contribution in [1.29, 1.82) is 0 Å². The predicted octanol–water partition coefficient (Wildman–Crippen LogP) is 11.8. The quantitative estimate of drug-likeness (QED) is 0.161. The van der Waals surface area contributed by atoms with Gasteiger partial charge in [-0.2, -0.15) is 0 Å². The second-order valence-electron chi connectivity index (χ2n) is 16.5. The van der Waals surface area contributed by atoms with Crippen LogP contribution in [0, 0.1) is 18.8 Å². The Balaban J connectivity index is 1.17. The van der Waals surface area contributed by atoms with E-state index in [2.05, 4.69) is 75.9 Å². The molecule has 0 saturated carbocycles. The molecule has 0 bridgehead atoms. The number of hydrogen-bond acceptors (Lipinski definition) is 4. The molecule has 0 atom stereocenters. The Bertz CT molecular complexity index is 4090. The zero-order chi connectivity index (χ0) is 43.6. The Morgan fingerprint density at radius 3 is 1.52 bits per heavy atom. The summed E-state index contributed by atoms with van der Waals surface area (Å²) < 4.78 is 42.0. The van der Waals surface area contributed by atoms with Crippen molar-refractivity contribution in [3.05, 3.63) is 207 Å². The van der Waals surface area contributed by atoms with Gasteiger partial charge in [-0.05, 0) is 0 Å². The van der Waals surface area contributed by atoms with Gasteiger partial charge in [0, 0.05) is 0 Å². The first-order valence-electron chi connectivity index (χ1n) is 21.6. The first-order chi connectivity index (χ1) is 32.6. The molecule has 0 unspecified atom stereocenters. The molecule has 1 aliphatic heterocycles. The molecule has 66 heavy (non-hydrogen) atoms. The van der Waals surface area contributed by atoms with E-state index in [0.29, 0.717) is 42.7 Å². The van der Waals surface area contributed by atoms with E-state index in [9.17, 15) is 0 Å². The van der Waals surface area contributed by atoms with Crippen LogP contribution in [0.15, 0.2) is 188 Å². The van der Waals surface area contributed by atoms with Crippen LogP contribution in [0.25, 0.3) is 120 Å². The summed E-state index contributed by atoms with van der Waals surface area (Å²) in [6.07, 6.45) is 0. The fourth-order valence-corrected chi connectivity index (χ4v) is 14.2. The topological polar surface area (TPSA) is 48.5 Å². The van der Waals surface area contributed by atoms with E-state index in [-0.39, 0.29) is 11.6 Å². The maximum atomic E-state index is 17.2. The molecule has 0 aliphatic carbocycles. The van der Waals surface area contributed by atoms with Crippen LogP contribution >= 0.6 is 11.3 Å². The van der Waals surface area contributed by atoms with Gasteiger partial charge in [0.2, 0.25) is 0 Å². The average molecular weight is 983 g/mol. The third-order valence-electron chi connectivity index (χ3n) is 12.9. The molecular formula is C57H31F2IN5S-. The van der Waals surface area contributed by atoms with E-state index >= 15 is 8.78 Å². The van der Waals surface area contributed by atoms with Crippen LogP contribution in [0.3, 0.4) is 0 Å². The van der Waals surface area contributed by atoms with Gasteiger partial charge in [-0.1, -0.05) is 12.1 Å². The van der Waals surface area contributed by atoms with Crippen LogP contribution in [0.1, 0.15) is 0 Å². The van der Waals surface area contributed by atoms with Crippen LogP contribution in [0.2, 0.25) is 0 Å². The normalized spacial score (nSPS) is 12.5. The van der Waals surface area contributed by atoms with Crippen LogP contribution in [-0.4, -0.2) is 24.1 Å². The molecule has 0 amide bonds. The van der Waals surface area contributed by atoms with Gasteiger partial charge in [-0.25, -0.2) is 0 Å². The molecule has 1 aliphatic rings. The Morgan fingerprint density at radius 1 is 0.424 bits per heavy atom. The van der Waals surface area contributed by atoms with Crippen molar-refractivity contribution in [3.8, 4) is 56.7 Å². The first-order valence-corrected chi connectivity index (χ1v) is 24.6. The molecule has 0 spiro atoms. The van der Waals surface area contributed by atoms with Crippen LogP contribution in [0.5, 0.6) is 0 Å². The number of halogens is 3. The monoisotopic (exact) mass is 982 g/mol. The molecule has 5 nitrogen and oxygen atoms in total. The summed E-state index contributed by atoms with van der Waals surface area (Å²) in [5, 5.41) is 5.86. The number of aromatic nitrogens is 5. The number of hydrogen-bond donors (Lipinski definition) is 0. The Morgan fingerprint density at radius 2 is 0.894 bits per heavy atom. The third kappa shape index (κ3) is 5.44.